The Kier molecular flexibility index (Phi) is 3.82. The molecule has 1 saturated heterocycles. The molecule has 6 rings (SSSR count). The Balaban J connectivity index is 1.34. The highest BCUT2D eigenvalue weighted by molar-refractivity contribution is 6.30. The number of likely N-dealkylation sites (tertiary alicyclic amines) is 1. The molecule has 2 aromatic rings. The maximum atomic E-state index is 15.1. The fraction of sp³-hybridized carbons (Fsp3) is 0.682. The zero-order valence-electron chi connectivity index (χ0n) is 17.5. The summed E-state index contributed by atoms with van der Waals surface area (Å²) in [5.41, 5.74) is 1.95. The smallest absolute Gasteiger partial charge is 0.410 e. The summed E-state index contributed by atoms with van der Waals surface area (Å²) in [5, 5.41) is 5.80. The number of ether oxygens (including phenoxy) is 1. The lowest BCUT2D eigenvalue weighted by atomic mass is 10.0. The molecular formula is C22H26ClFN4O2. The van der Waals surface area contributed by atoms with Crippen LogP contribution in [0.1, 0.15) is 75.7 Å². The van der Waals surface area contributed by atoms with E-state index >= 15 is 4.39 Å². The summed E-state index contributed by atoms with van der Waals surface area (Å²) in [7, 11) is 0. The first-order valence-electron chi connectivity index (χ1n) is 11.0. The number of carbonyl (C=O) groups is 1. The normalized spacial score (nSPS) is 28.2. The molecule has 3 aliphatic carbocycles. The van der Waals surface area contributed by atoms with Crippen molar-refractivity contribution in [2.45, 2.75) is 69.9 Å². The van der Waals surface area contributed by atoms with Crippen LogP contribution < -0.4 is 0 Å². The number of fused-ring (bicyclic) bond motifs is 2. The van der Waals surface area contributed by atoms with Crippen molar-refractivity contribution in [1.82, 2.24) is 19.7 Å². The lowest BCUT2D eigenvalue weighted by Gasteiger charge is -2.25. The molecule has 8 heteroatoms. The van der Waals surface area contributed by atoms with E-state index in [1.54, 1.807) is 4.90 Å². The minimum absolute atomic E-state index is 0.0372. The van der Waals surface area contributed by atoms with Gasteiger partial charge in [0.25, 0.3) is 0 Å². The van der Waals surface area contributed by atoms with E-state index < -0.39 is 11.4 Å². The van der Waals surface area contributed by atoms with Gasteiger partial charge >= 0.3 is 6.09 Å². The largest absolute Gasteiger partial charge is 0.444 e. The van der Waals surface area contributed by atoms with Crippen LogP contribution in [-0.4, -0.2) is 44.4 Å². The molecule has 4 aliphatic rings. The number of carbonyl (C=O) groups excluding carboxylic acids is 1. The first-order chi connectivity index (χ1) is 14.2. The summed E-state index contributed by atoms with van der Waals surface area (Å²) in [4.78, 5) is 18.7. The summed E-state index contributed by atoms with van der Waals surface area (Å²) >= 11 is 6.18. The molecule has 4 fully saturated rings. The second-order valence-electron chi connectivity index (χ2n) is 10.4. The van der Waals surface area contributed by atoms with Crippen molar-refractivity contribution < 1.29 is 13.9 Å². The fourth-order valence-electron chi connectivity index (χ4n) is 5.10. The van der Waals surface area contributed by atoms with E-state index in [1.807, 2.05) is 25.5 Å². The van der Waals surface area contributed by atoms with Crippen LogP contribution in [0.15, 0.2) is 0 Å². The first-order valence-corrected chi connectivity index (χ1v) is 11.4. The standard InChI is InChI=1S/C22H26ClFN4O2/c1-22(2,3)30-21(29)27-8-12-13(9-27)14(12)18-15-17(10-4-5-10)25-20(23)16(24)19(15)28(26-18)11-6-7-11/h10-14H,4-9H2,1-3H3/t12-,13+,14?. The average molecular weight is 433 g/mol. The van der Waals surface area contributed by atoms with Gasteiger partial charge in [-0.05, 0) is 58.3 Å². The lowest BCUT2D eigenvalue weighted by molar-refractivity contribution is 0.0271. The molecule has 0 radical (unpaired) electrons. The summed E-state index contributed by atoms with van der Waals surface area (Å²) in [6.07, 6.45) is 3.95. The number of nitrogens with zero attached hydrogens (tertiary/aromatic N) is 4. The molecule has 3 heterocycles. The molecule has 3 saturated carbocycles. The van der Waals surface area contributed by atoms with Crippen molar-refractivity contribution in [2.24, 2.45) is 11.8 Å². The maximum absolute atomic E-state index is 15.1. The Hall–Kier alpha value is -1.89. The number of rotatable bonds is 3. The quantitative estimate of drug-likeness (QED) is 0.639. The van der Waals surface area contributed by atoms with Crippen LogP contribution in [0.4, 0.5) is 9.18 Å². The predicted octanol–water partition coefficient (Wildman–Crippen LogP) is 5.02. The molecule has 1 amide bonds. The van der Waals surface area contributed by atoms with E-state index in [2.05, 4.69) is 4.98 Å². The van der Waals surface area contributed by atoms with Crippen LogP contribution in [0.3, 0.4) is 0 Å². The molecule has 1 unspecified atom stereocenters. The predicted molar refractivity (Wildman–Crippen MR) is 110 cm³/mol. The van der Waals surface area contributed by atoms with E-state index in [0.717, 1.165) is 42.5 Å². The number of hydrogen-bond donors (Lipinski definition) is 0. The van der Waals surface area contributed by atoms with Gasteiger partial charge in [-0.3, -0.25) is 4.68 Å². The highest BCUT2D eigenvalue weighted by atomic mass is 35.5. The van der Waals surface area contributed by atoms with E-state index in [9.17, 15) is 4.79 Å². The van der Waals surface area contributed by atoms with Gasteiger partial charge < -0.3 is 9.64 Å². The molecule has 3 atom stereocenters. The van der Waals surface area contributed by atoms with Gasteiger partial charge in [-0.1, -0.05) is 11.6 Å². The first kappa shape index (κ1) is 18.8. The Labute approximate surface area is 179 Å². The lowest BCUT2D eigenvalue weighted by Crippen LogP contribution is -2.36. The van der Waals surface area contributed by atoms with E-state index in [4.69, 9.17) is 21.4 Å². The molecule has 0 spiro atoms. The Morgan fingerprint density at radius 2 is 1.80 bits per heavy atom. The Bertz CT molecular complexity index is 1060. The minimum Gasteiger partial charge on any atom is -0.444 e. The molecule has 160 valence electrons. The van der Waals surface area contributed by atoms with E-state index in [-0.39, 0.29) is 23.2 Å². The monoisotopic (exact) mass is 432 g/mol. The summed E-state index contributed by atoms with van der Waals surface area (Å²) in [6, 6.07) is 0.262. The zero-order valence-corrected chi connectivity index (χ0v) is 18.2. The third kappa shape index (κ3) is 2.92. The van der Waals surface area contributed by atoms with Gasteiger partial charge in [-0.15, -0.1) is 0 Å². The minimum atomic E-state index is -0.496. The van der Waals surface area contributed by atoms with Crippen LogP contribution in [-0.2, 0) is 4.74 Å². The van der Waals surface area contributed by atoms with Crippen LogP contribution >= 0.6 is 11.6 Å². The van der Waals surface area contributed by atoms with Crippen molar-refractivity contribution in [2.75, 3.05) is 13.1 Å². The van der Waals surface area contributed by atoms with Crippen molar-refractivity contribution in [3.8, 4) is 0 Å². The van der Waals surface area contributed by atoms with Gasteiger partial charge in [-0.25, -0.2) is 14.2 Å². The molecule has 0 N–H and O–H groups in total. The van der Waals surface area contributed by atoms with Crippen molar-refractivity contribution in [3.63, 3.8) is 0 Å². The van der Waals surface area contributed by atoms with Gasteiger partial charge in [0.15, 0.2) is 11.0 Å². The summed E-state index contributed by atoms with van der Waals surface area (Å²) < 4.78 is 22.5. The SMILES string of the molecule is CC(C)(C)OC(=O)N1C[C@@H]2C(c3nn(C4CC4)c4c(F)c(Cl)nc(C5CC5)c34)[C@@H]2C1. The van der Waals surface area contributed by atoms with Gasteiger partial charge in [-0.2, -0.15) is 5.10 Å². The van der Waals surface area contributed by atoms with Crippen LogP contribution in [0.5, 0.6) is 0 Å². The van der Waals surface area contributed by atoms with Gasteiger partial charge in [0.05, 0.1) is 17.4 Å². The molecule has 2 aromatic heterocycles. The third-order valence-corrected chi connectivity index (χ3v) is 7.07. The fourth-order valence-corrected chi connectivity index (χ4v) is 5.28. The van der Waals surface area contributed by atoms with E-state index in [0.29, 0.717) is 36.4 Å². The Morgan fingerprint density at radius 1 is 1.13 bits per heavy atom. The van der Waals surface area contributed by atoms with Gasteiger partial charge in [0, 0.05) is 30.3 Å². The summed E-state index contributed by atoms with van der Waals surface area (Å²) in [5.74, 6) is 0.884. The highest BCUT2D eigenvalue weighted by Gasteiger charge is 2.60. The highest BCUT2D eigenvalue weighted by Crippen LogP contribution is 2.60. The van der Waals surface area contributed by atoms with Gasteiger partial charge in [0.2, 0.25) is 0 Å². The molecule has 30 heavy (non-hydrogen) atoms. The number of amides is 1. The van der Waals surface area contributed by atoms with E-state index in [1.165, 1.54) is 0 Å². The van der Waals surface area contributed by atoms with Crippen molar-refractivity contribution in [1.29, 1.82) is 0 Å². The molecular weight excluding hydrogens is 407 g/mol. The number of aromatic nitrogens is 3. The number of pyridine rings is 1. The van der Waals surface area contributed by atoms with Crippen molar-refractivity contribution >= 4 is 28.6 Å². The number of piperidine rings is 1. The van der Waals surface area contributed by atoms with Crippen LogP contribution in [0.25, 0.3) is 10.9 Å². The summed E-state index contributed by atoms with van der Waals surface area (Å²) in [6.45, 7) is 6.99. The van der Waals surface area contributed by atoms with Gasteiger partial charge in [0.1, 0.15) is 11.1 Å². The number of halogens is 2. The molecule has 0 aromatic carbocycles. The topological polar surface area (TPSA) is 60.2 Å². The average Bonchev–Trinajstić information content (AvgIpc) is 3.60. The van der Waals surface area contributed by atoms with Crippen LogP contribution in [0, 0.1) is 17.7 Å². The second-order valence-corrected chi connectivity index (χ2v) is 10.8. The maximum Gasteiger partial charge on any atom is 0.410 e. The Morgan fingerprint density at radius 3 is 2.37 bits per heavy atom. The molecule has 0 bridgehead atoms. The second kappa shape index (κ2) is 6.09. The number of hydrogen-bond acceptors (Lipinski definition) is 4. The zero-order chi connectivity index (χ0) is 20.9. The molecule has 1 aliphatic heterocycles. The molecule has 6 nitrogen and oxygen atoms in total. The van der Waals surface area contributed by atoms with Crippen LogP contribution in [0.2, 0.25) is 5.15 Å². The third-order valence-electron chi connectivity index (χ3n) is 6.82. The van der Waals surface area contributed by atoms with Crippen molar-refractivity contribution in [3.05, 3.63) is 22.4 Å².